The fourth-order valence-electron chi connectivity index (χ4n) is 3.86. The van der Waals surface area contributed by atoms with Crippen LogP contribution in [0.15, 0.2) is 29.2 Å². The molecule has 3 saturated heterocycles. The molecule has 2 aromatic rings. The van der Waals surface area contributed by atoms with E-state index in [1.54, 1.807) is 11.7 Å². The second-order valence-electron chi connectivity index (χ2n) is 6.57. The Morgan fingerprint density at radius 2 is 1.91 bits per heavy atom. The molecule has 5 nitrogen and oxygen atoms in total. The normalized spacial score (nSPS) is 24.7. The van der Waals surface area contributed by atoms with E-state index in [-0.39, 0.29) is 5.56 Å². The topological polar surface area (TPSA) is 32.4 Å². The van der Waals surface area contributed by atoms with Gasteiger partial charge < -0.3 is 9.80 Å². The van der Waals surface area contributed by atoms with Crippen LogP contribution in [0.25, 0.3) is 10.8 Å². The molecule has 116 valence electrons. The van der Waals surface area contributed by atoms with Gasteiger partial charge in [-0.25, -0.2) is 0 Å². The molecule has 1 aromatic heterocycles. The van der Waals surface area contributed by atoms with Crippen LogP contribution >= 0.6 is 0 Å². The summed E-state index contributed by atoms with van der Waals surface area (Å²) in [4.78, 5) is 17.4. The Labute approximate surface area is 130 Å². The Morgan fingerprint density at radius 1 is 1.14 bits per heavy atom. The van der Waals surface area contributed by atoms with Crippen molar-refractivity contribution in [2.45, 2.75) is 18.9 Å². The summed E-state index contributed by atoms with van der Waals surface area (Å²) in [5.74, 6) is 0. The number of nitrogens with zero attached hydrogens (tertiary/aromatic N) is 4. The predicted molar refractivity (Wildman–Crippen MR) is 87.2 cm³/mol. The minimum atomic E-state index is 0.0643. The van der Waals surface area contributed by atoms with E-state index in [9.17, 15) is 4.79 Å². The quantitative estimate of drug-likeness (QED) is 0.725. The molecule has 0 aliphatic carbocycles. The van der Waals surface area contributed by atoms with Crippen molar-refractivity contribution in [2.24, 2.45) is 14.1 Å². The molecule has 3 aliphatic heterocycles. The highest BCUT2D eigenvalue weighted by Gasteiger charge is 2.29. The molecule has 0 N–H and O–H groups in total. The van der Waals surface area contributed by atoms with Gasteiger partial charge in [0, 0.05) is 37.9 Å². The Balaban J connectivity index is 1.79. The van der Waals surface area contributed by atoms with Gasteiger partial charge in [0.25, 0.3) is 0 Å². The van der Waals surface area contributed by atoms with Crippen molar-refractivity contribution >= 4 is 16.5 Å². The molecule has 2 bridgehead atoms. The van der Waals surface area contributed by atoms with E-state index in [1.165, 1.54) is 31.6 Å². The predicted octanol–water partition coefficient (Wildman–Crippen LogP) is 0.647. The number of aryl methyl sites for hydroxylation is 1. The molecule has 1 aromatic carbocycles. The summed E-state index contributed by atoms with van der Waals surface area (Å²) in [5.41, 5.74) is 1.32. The maximum atomic E-state index is 12.3. The first-order chi connectivity index (χ1) is 10.6. The van der Waals surface area contributed by atoms with Gasteiger partial charge in [0.2, 0.25) is 6.20 Å². The van der Waals surface area contributed by atoms with Crippen LogP contribution < -0.4 is 15.1 Å². The van der Waals surface area contributed by atoms with Crippen molar-refractivity contribution in [3.8, 4) is 0 Å². The molecule has 0 atom stereocenters. The van der Waals surface area contributed by atoms with Gasteiger partial charge in [-0.3, -0.25) is 4.79 Å². The number of benzene rings is 1. The van der Waals surface area contributed by atoms with E-state index in [0.29, 0.717) is 6.04 Å². The lowest BCUT2D eigenvalue weighted by Crippen LogP contribution is -2.47. The first-order valence-corrected chi connectivity index (χ1v) is 8.12. The Kier molecular flexibility index (Phi) is 3.18. The molecular weight excluding hydrogens is 276 g/mol. The monoisotopic (exact) mass is 299 g/mol. The number of hydrogen-bond donors (Lipinski definition) is 0. The van der Waals surface area contributed by atoms with E-state index in [4.69, 9.17) is 0 Å². The maximum Gasteiger partial charge on any atom is 0.308 e. The molecule has 0 saturated carbocycles. The van der Waals surface area contributed by atoms with Crippen LogP contribution in [0.4, 0.5) is 5.69 Å². The van der Waals surface area contributed by atoms with Crippen LogP contribution in [0.3, 0.4) is 0 Å². The van der Waals surface area contributed by atoms with Crippen LogP contribution in [0.1, 0.15) is 12.8 Å². The summed E-state index contributed by atoms with van der Waals surface area (Å²) in [7, 11) is 3.71. The number of piperidine rings is 1. The third-order valence-electron chi connectivity index (χ3n) is 5.35. The van der Waals surface area contributed by atoms with Gasteiger partial charge in [-0.2, -0.15) is 0 Å². The average Bonchev–Trinajstić information content (AvgIpc) is 2.86. The maximum absolute atomic E-state index is 12.3. The fraction of sp³-hybridized carbons (Fsp3) is 0.529. The zero-order chi connectivity index (χ0) is 15.3. The summed E-state index contributed by atoms with van der Waals surface area (Å²) in [6.07, 6.45) is 4.55. The average molecular weight is 299 g/mol. The molecule has 5 heteroatoms. The highest BCUT2D eigenvalue weighted by Crippen LogP contribution is 2.28. The summed E-state index contributed by atoms with van der Waals surface area (Å²) in [6, 6.07) is 6.95. The fourth-order valence-corrected chi connectivity index (χ4v) is 3.86. The van der Waals surface area contributed by atoms with Gasteiger partial charge in [-0.1, -0.05) is 0 Å². The standard InChI is InChI=1S/C17H23N4O/c1-18-12-13-11-15(3-4-16(13)17(22)19(18)2)21-10-9-20-7-5-14(21)6-8-20/h3-4,11-12,14H,5-10H2,1-2H3/q+1. The van der Waals surface area contributed by atoms with E-state index in [2.05, 4.69) is 21.9 Å². The molecule has 22 heavy (non-hydrogen) atoms. The summed E-state index contributed by atoms with van der Waals surface area (Å²) < 4.78 is 3.50. The van der Waals surface area contributed by atoms with Crippen LogP contribution in [-0.4, -0.2) is 41.8 Å². The lowest BCUT2D eigenvalue weighted by Gasteiger charge is -2.33. The minimum Gasteiger partial charge on any atom is -0.367 e. The first kappa shape index (κ1) is 13.8. The Morgan fingerprint density at radius 3 is 2.68 bits per heavy atom. The number of aromatic nitrogens is 2. The van der Waals surface area contributed by atoms with Crippen molar-refractivity contribution in [1.29, 1.82) is 0 Å². The van der Waals surface area contributed by atoms with Crippen molar-refractivity contribution in [2.75, 3.05) is 31.1 Å². The second-order valence-corrected chi connectivity index (χ2v) is 6.57. The summed E-state index contributed by atoms with van der Waals surface area (Å²) in [5, 5.41) is 1.83. The Hall–Kier alpha value is -1.88. The smallest absolute Gasteiger partial charge is 0.308 e. The molecule has 0 radical (unpaired) electrons. The third kappa shape index (κ3) is 2.11. The van der Waals surface area contributed by atoms with Gasteiger partial charge in [-0.05, 0) is 31.0 Å². The van der Waals surface area contributed by atoms with E-state index >= 15 is 0 Å². The molecule has 3 fully saturated rings. The zero-order valence-corrected chi connectivity index (χ0v) is 13.3. The Bertz CT molecular complexity index is 774. The van der Waals surface area contributed by atoms with Crippen LogP contribution in [0, 0.1) is 0 Å². The third-order valence-corrected chi connectivity index (χ3v) is 5.35. The molecule has 3 aliphatic rings. The van der Waals surface area contributed by atoms with E-state index in [0.717, 1.165) is 23.9 Å². The van der Waals surface area contributed by atoms with Crippen molar-refractivity contribution in [3.63, 3.8) is 0 Å². The van der Waals surface area contributed by atoms with Crippen LogP contribution in [-0.2, 0) is 14.1 Å². The van der Waals surface area contributed by atoms with Crippen molar-refractivity contribution < 1.29 is 4.68 Å². The van der Waals surface area contributed by atoms with Crippen molar-refractivity contribution in [3.05, 3.63) is 34.7 Å². The van der Waals surface area contributed by atoms with E-state index < -0.39 is 0 Å². The van der Waals surface area contributed by atoms with Gasteiger partial charge in [0.05, 0.1) is 17.8 Å². The molecular formula is C17H23N4O+. The highest BCUT2D eigenvalue weighted by molar-refractivity contribution is 5.84. The summed E-state index contributed by atoms with van der Waals surface area (Å²) >= 11 is 0. The number of anilines is 1. The van der Waals surface area contributed by atoms with Gasteiger partial charge in [0.1, 0.15) is 0 Å². The number of fused-ring (bicyclic) bond motifs is 5. The molecule has 5 rings (SSSR count). The van der Waals surface area contributed by atoms with Crippen LogP contribution in [0.2, 0.25) is 0 Å². The molecule has 0 amide bonds. The number of rotatable bonds is 1. The molecule has 0 spiro atoms. The van der Waals surface area contributed by atoms with Gasteiger partial charge in [-0.15, -0.1) is 9.36 Å². The second kappa shape index (κ2) is 5.09. The molecule has 0 unspecified atom stereocenters. The van der Waals surface area contributed by atoms with Crippen LogP contribution in [0.5, 0.6) is 0 Å². The largest absolute Gasteiger partial charge is 0.367 e. The SMILES string of the molecule is Cn1c(=O)c2ccc(N3CCN4CCC3CC4)cc2c[n+]1C. The first-order valence-electron chi connectivity index (χ1n) is 8.12. The van der Waals surface area contributed by atoms with Crippen molar-refractivity contribution in [1.82, 2.24) is 9.58 Å². The highest BCUT2D eigenvalue weighted by atomic mass is 16.1. The molecule has 4 heterocycles. The summed E-state index contributed by atoms with van der Waals surface area (Å²) in [6.45, 7) is 4.69. The lowest BCUT2D eigenvalue weighted by atomic mass is 10.0. The minimum absolute atomic E-state index is 0.0643. The van der Waals surface area contributed by atoms with E-state index in [1.807, 2.05) is 24.0 Å². The van der Waals surface area contributed by atoms with Gasteiger partial charge >= 0.3 is 5.56 Å². The van der Waals surface area contributed by atoms with Gasteiger partial charge in [0.15, 0.2) is 7.05 Å². The zero-order valence-electron chi connectivity index (χ0n) is 13.3. The lowest BCUT2D eigenvalue weighted by molar-refractivity contribution is -0.755. The number of hydrogen-bond acceptors (Lipinski definition) is 3.